The summed E-state index contributed by atoms with van der Waals surface area (Å²) in [5.41, 5.74) is 7.26. The Kier molecular flexibility index (Phi) is 8.91. The second kappa shape index (κ2) is 12.1. The number of anilines is 1. The van der Waals surface area contributed by atoms with Crippen molar-refractivity contribution in [3.63, 3.8) is 0 Å². The Hall–Kier alpha value is -2.86. The van der Waals surface area contributed by atoms with Gasteiger partial charge in [0, 0.05) is 69.7 Å². The molecule has 2 aliphatic rings. The number of rotatable bonds is 6. The monoisotopic (exact) mass is 636 g/mol. The maximum atomic E-state index is 13.7. The van der Waals surface area contributed by atoms with E-state index in [1.807, 2.05) is 12.1 Å². The number of phenols is 1. The molecule has 0 saturated carbocycles. The van der Waals surface area contributed by atoms with E-state index in [4.69, 9.17) is 5.73 Å². The molecule has 0 bridgehead atoms. The van der Waals surface area contributed by atoms with Crippen molar-refractivity contribution >= 4 is 55.4 Å². The maximum absolute atomic E-state index is 13.7. The summed E-state index contributed by atoms with van der Waals surface area (Å²) in [6.45, 7) is 3.21. The summed E-state index contributed by atoms with van der Waals surface area (Å²) >= 11 is 6.68. The second-order valence-electron chi connectivity index (χ2n) is 9.30. The molecule has 1 aromatic heterocycles. The van der Waals surface area contributed by atoms with Gasteiger partial charge in [-0.1, -0.05) is 0 Å². The molecule has 4 amide bonds. The molecule has 2 saturated heterocycles. The molecule has 198 valence electrons. The summed E-state index contributed by atoms with van der Waals surface area (Å²) in [4.78, 5) is 48.0. The quantitative estimate of drug-likeness (QED) is 0.446. The van der Waals surface area contributed by atoms with Crippen LogP contribution in [0.4, 0.5) is 10.5 Å². The van der Waals surface area contributed by atoms with Gasteiger partial charge in [0.15, 0.2) is 0 Å². The van der Waals surface area contributed by atoms with Crippen molar-refractivity contribution < 1.29 is 19.5 Å². The van der Waals surface area contributed by atoms with E-state index < -0.39 is 6.04 Å². The van der Waals surface area contributed by atoms with Gasteiger partial charge >= 0.3 is 6.03 Å². The number of pyridine rings is 1. The van der Waals surface area contributed by atoms with Crippen LogP contribution in [-0.4, -0.2) is 83.0 Å². The molecular formula is C25H30Br2N6O4. The van der Waals surface area contributed by atoms with E-state index in [0.29, 0.717) is 61.1 Å². The van der Waals surface area contributed by atoms with Gasteiger partial charge in [0.1, 0.15) is 11.8 Å². The molecular weight excluding hydrogens is 608 g/mol. The van der Waals surface area contributed by atoms with Gasteiger partial charge in [0.05, 0.1) is 8.95 Å². The number of piperazine rings is 1. The van der Waals surface area contributed by atoms with Crippen LogP contribution < -0.4 is 16.0 Å². The lowest BCUT2D eigenvalue weighted by atomic mass is 9.96. The van der Waals surface area contributed by atoms with Gasteiger partial charge < -0.3 is 30.9 Å². The number of amides is 4. The topological polar surface area (TPSA) is 132 Å². The highest BCUT2D eigenvalue weighted by atomic mass is 79.9. The van der Waals surface area contributed by atoms with Crippen LogP contribution in [0.5, 0.6) is 5.75 Å². The number of hydrogen-bond acceptors (Lipinski definition) is 6. The number of nitrogens with two attached hydrogens (primary N) is 1. The molecule has 4 N–H and O–H groups in total. The Morgan fingerprint density at radius 2 is 1.59 bits per heavy atom. The number of piperidine rings is 1. The summed E-state index contributed by atoms with van der Waals surface area (Å²) in [6, 6.07) is 6.24. The normalized spacial score (nSPS) is 17.4. The lowest BCUT2D eigenvalue weighted by Crippen LogP contribution is -2.57. The van der Waals surface area contributed by atoms with Crippen molar-refractivity contribution in [2.75, 3.05) is 44.2 Å². The van der Waals surface area contributed by atoms with Crippen LogP contribution in [0.3, 0.4) is 0 Å². The summed E-state index contributed by atoms with van der Waals surface area (Å²) in [6.07, 6.45) is 4.77. The number of benzene rings is 1. The lowest BCUT2D eigenvalue weighted by molar-refractivity contribution is -0.133. The van der Waals surface area contributed by atoms with Crippen LogP contribution in [0, 0.1) is 5.92 Å². The van der Waals surface area contributed by atoms with Gasteiger partial charge in [-0.25, -0.2) is 4.79 Å². The van der Waals surface area contributed by atoms with Crippen molar-refractivity contribution in [3.8, 4) is 5.75 Å². The van der Waals surface area contributed by atoms with Gasteiger partial charge in [-0.05, 0) is 74.5 Å². The molecule has 0 spiro atoms. The Bertz CT molecular complexity index is 1110. The van der Waals surface area contributed by atoms with E-state index in [0.717, 1.165) is 11.3 Å². The highest BCUT2D eigenvalue weighted by Crippen LogP contribution is 2.33. The van der Waals surface area contributed by atoms with Gasteiger partial charge in [0.2, 0.25) is 11.8 Å². The van der Waals surface area contributed by atoms with E-state index in [2.05, 4.69) is 47.1 Å². The Morgan fingerprint density at radius 1 is 1.00 bits per heavy atom. The van der Waals surface area contributed by atoms with Gasteiger partial charge in [-0.2, -0.15) is 0 Å². The molecule has 12 heteroatoms. The lowest BCUT2D eigenvalue weighted by Gasteiger charge is -2.38. The SMILES string of the molecule is NC(=O)C1CCN(C(=O)N[C@H](Cc2cc(Br)c(O)c(Br)c2)C(=O)N2CCN(c3ccncc3)CC2)CC1. The molecule has 1 atom stereocenters. The third-order valence-electron chi connectivity index (χ3n) is 6.92. The summed E-state index contributed by atoms with van der Waals surface area (Å²) in [5.74, 6) is -0.664. The number of likely N-dealkylation sites (tertiary alicyclic amines) is 1. The van der Waals surface area contributed by atoms with Crippen LogP contribution in [0.25, 0.3) is 0 Å². The number of aromatic hydroxyl groups is 1. The average molecular weight is 638 g/mol. The molecule has 37 heavy (non-hydrogen) atoms. The zero-order valence-electron chi connectivity index (χ0n) is 20.3. The van der Waals surface area contributed by atoms with Crippen molar-refractivity contribution in [2.45, 2.75) is 25.3 Å². The number of nitrogens with one attached hydrogen (secondary N) is 1. The Morgan fingerprint density at radius 3 is 2.16 bits per heavy atom. The summed E-state index contributed by atoms with van der Waals surface area (Å²) < 4.78 is 0.989. The second-order valence-corrected chi connectivity index (χ2v) is 11.0. The first-order valence-electron chi connectivity index (χ1n) is 12.2. The molecule has 2 aliphatic heterocycles. The minimum absolute atomic E-state index is 0.0696. The van der Waals surface area contributed by atoms with E-state index in [-0.39, 0.29) is 35.9 Å². The number of carbonyl (C=O) groups excluding carboxylic acids is 3. The highest BCUT2D eigenvalue weighted by Gasteiger charge is 2.32. The summed E-state index contributed by atoms with van der Waals surface area (Å²) in [7, 11) is 0. The van der Waals surface area contributed by atoms with Crippen LogP contribution >= 0.6 is 31.9 Å². The fourth-order valence-electron chi connectivity index (χ4n) is 4.74. The fraction of sp³-hybridized carbons (Fsp3) is 0.440. The number of phenolic OH excluding ortho intramolecular Hbond substituents is 1. The first-order valence-corrected chi connectivity index (χ1v) is 13.8. The van der Waals surface area contributed by atoms with Crippen LogP contribution in [-0.2, 0) is 16.0 Å². The number of carbonyl (C=O) groups is 3. The largest absolute Gasteiger partial charge is 0.506 e. The molecule has 2 fully saturated rings. The number of halogens is 2. The van der Waals surface area contributed by atoms with Crippen molar-refractivity contribution in [2.24, 2.45) is 11.7 Å². The average Bonchev–Trinajstić information content (AvgIpc) is 2.91. The van der Waals surface area contributed by atoms with E-state index in [1.165, 1.54) is 0 Å². The first kappa shape index (κ1) is 27.2. The molecule has 4 rings (SSSR count). The number of urea groups is 1. The van der Waals surface area contributed by atoms with Crippen molar-refractivity contribution in [1.82, 2.24) is 20.1 Å². The van der Waals surface area contributed by atoms with Gasteiger partial charge in [0.25, 0.3) is 0 Å². The standard InChI is InChI=1S/C25H30Br2N6O4/c26-19-13-16(14-20(27)22(19)34)15-21(30-25(37)33-7-3-17(4-8-33)23(28)35)24(36)32-11-9-31(10-12-32)18-1-5-29-6-2-18/h1-2,5-6,13-14,17,21,34H,3-4,7-12,15H2,(H2,28,35)(H,30,37)/t21-/m1/s1. The number of hydrogen-bond donors (Lipinski definition) is 3. The smallest absolute Gasteiger partial charge is 0.318 e. The molecule has 10 nitrogen and oxygen atoms in total. The third kappa shape index (κ3) is 6.72. The first-order chi connectivity index (χ1) is 17.7. The van der Waals surface area contributed by atoms with E-state index in [1.54, 1.807) is 34.3 Å². The number of primary amides is 1. The van der Waals surface area contributed by atoms with E-state index >= 15 is 0 Å². The molecule has 1 aromatic carbocycles. The predicted octanol–water partition coefficient (Wildman–Crippen LogP) is 2.48. The Balaban J connectivity index is 1.46. The van der Waals surface area contributed by atoms with Crippen molar-refractivity contribution in [3.05, 3.63) is 51.2 Å². The maximum Gasteiger partial charge on any atom is 0.318 e. The molecule has 0 aliphatic carbocycles. The van der Waals surface area contributed by atoms with Crippen LogP contribution in [0.15, 0.2) is 45.6 Å². The van der Waals surface area contributed by atoms with Crippen LogP contribution in [0.1, 0.15) is 18.4 Å². The predicted molar refractivity (Wildman–Crippen MR) is 146 cm³/mol. The molecule has 3 heterocycles. The van der Waals surface area contributed by atoms with Crippen LogP contribution in [0.2, 0.25) is 0 Å². The highest BCUT2D eigenvalue weighted by molar-refractivity contribution is 9.11. The fourth-order valence-corrected chi connectivity index (χ4v) is 6.02. The van der Waals surface area contributed by atoms with E-state index in [9.17, 15) is 19.5 Å². The Labute approximate surface area is 232 Å². The third-order valence-corrected chi connectivity index (χ3v) is 8.13. The zero-order valence-corrected chi connectivity index (χ0v) is 23.4. The number of nitrogens with zero attached hydrogens (tertiary/aromatic N) is 4. The molecule has 2 aromatic rings. The summed E-state index contributed by atoms with van der Waals surface area (Å²) in [5, 5.41) is 13.0. The van der Waals surface area contributed by atoms with Crippen molar-refractivity contribution in [1.29, 1.82) is 0 Å². The minimum atomic E-state index is -0.794. The van der Waals surface area contributed by atoms with Gasteiger partial charge in [-0.15, -0.1) is 0 Å². The number of aromatic nitrogens is 1. The molecule has 0 radical (unpaired) electrons. The molecule has 0 unspecified atom stereocenters. The van der Waals surface area contributed by atoms with Gasteiger partial charge in [-0.3, -0.25) is 14.6 Å². The minimum Gasteiger partial charge on any atom is -0.506 e. The zero-order chi connectivity index (χ0) is 26.5.